The van der Waals surface area contributed by atoms with Gasteiger partial charge in [-0.1, -0.05) is 30.3 Å². The largest absolute Gasteiger partial charge is 0.323 e. The van der Waals surface area contributed by atoms with Crippen LogP contribution in [0.1, 0.15) is 5.56 Å². The van der Waals surface area contributed by atoms with Crippen molar-refractivity contribution < 1.29 is 13.2 Å². The number of hydrogen-bond donors (Lipinski definition) is 1. The molecule has 2 aromatic rings. The third kappa shape index (κ3) is 2.27. The Morgan fingerprint density at radius 2 is 1.71 bits per heavy atom. The molecule has 1 aliphatic rings. The minimum Gasteiger partial charge on any atom is -0.323 e. The van der Waals surface area contributed by atoms with Gasteiger partial charge in [0, 0.05) is 0 Å². The first-order valence-electron chi connectivity index (χ1n) is 6.47. The molecule has 0 atom stereocenters. The fourth-order valence-electron chi connectivity index (χ4n) is 2.38. The molecular formula is C15H14N2O3S. The van der Waals surface area contributed by atoms with Crippen molar-refractivity contribution in [3.05, 3.63) is 54.1 Å². The zero-order chi connectivity index (χ0) is 15.0. The minimum atomic E-state index is -3.77. The number of nitrogens with zero attached hydrogens (tertiary/aromatic N) is 1. The van der Waals surface area contributed by atoms with Crippen LogP contribution in [0.5, 0.6) is 0 Å². The van der Waals surface area contributed by atoms with Crippen LogP contribution < -0.4 is 9.62 Å². The lowest BCUT2D eigenvalue weighted by Gasteiger charge is -2.30. The average Bonchev–Trinajstić information content (AvgIpc) is 2.46. The molecule has 0 fully saturated rings. The van der Waals surface area contributed by atoms with Crippen molar-refractivity contribution in [1.82, 2.24) is 0 Å². The van der Waals surface area contributed by atoms with Crippen molar-refractivity contribution in [1.29, 1.82) is 0 Å². The predicted octanol–water partition coefficient (Wildman–Crippen LogP) is 2.14. The van der Waals surface area contributed by atoms with Crippen LogP contribution in [-0.4, -0.2) is 20.9 Å². The second kappa shape index (κ2) is 4.89. The van der Waals surface area contributed by atoms with Gasteiger partial charge >= 0.3 is 0 Å². The van der Waals surface area contributed by atoms with Gasteiger partial charge < -0.3 is 5.32 Å². The number of carbonyl (C=O) groups excluding carboxylic acids is 1. The van der Waals surface area contributed by atoms with Crippen molar-refractivity contribution in [3.8, 4) is 0 Å². The molecule has 0 aliphatic carbocycles. The number of fused-ring (bicyclic) bond motifs is 1. The maximum Gasteiger partial charge on any atom is 0.265 e. The fourth-order valence-corrected chi connectivity index (χ4v) is 4.05. The van der Waals surface area contributed by atoms with E-state index in [4.69, 9.17) is 0 Å². The van der Waals surface area contributed by atoms with E-state index in [1.165, 1.54) is 0 Å². The van der Waals surface area contributed by atoms with Gasteiger partial charge in [-0.05, 0) is 30.7 Å². The summed E-state index contributed by atoms with van der Waals surface area (Å²) in [5.74, 6) is -0.342. The van der Waals surface area contributed by atoms with Gasteiger partial charge in [0.25, 0.3) is 10.0 Å². The highest BCUT2D eigenvalue weighted by molar-refractivity contribution is 7.93. The van der Waals surface area contributed by atoms with E-state index in [0.29, 0.717) is 16.9 Å². The molecule has 1 amide bonds. The van der Waals surface area contributed by atoms with Gasteiger partial charge in [-0.3, -0.25) is 9.10 Å². The molecule has 1 heterocycles. The number of para-hydroxylation sites is 2. The minimum absolute atomic E-state index is 0.215. The Kier molecular flexibility index (Phi) is 3.17. The number of benzene rings is 2. The summed E-state index contributed by atoms with van der Waals surface area (Å²) >= 11 is 0. The standard InChI is InChI=1S/C15H14N2O3S/c1-11-6-2-5-9-14(11)21(19,20)17-10-15(18)16-12-7-3-4-8-13(12)17/h2-9H,10H2,1H3,(H,16,18). The number of sulfonamides is 1. The smallest absolute Gasteiger partial charge is 0.265 e. The molecule has 5 nitrogen and oxygen atoms in total. The molecule has 0 radical (unpaired) electrons. The lowest BCUT2D eigenvalue weighted by atomic mass is 10.2. The van der Waals surface area contributed by atoms with E-state index < -0.39 is 10.0 Å². The molecule has 2 aromatic carbocycles. The highest BCUT2D eigenvalue weighted by Crippen LogP contribution is 2.33. The Balaban J connectivity index is 2.16. The van der Waals surface area contributed by atoms with Crippen LogP contribution in [0.2, 0.25) is 0 Å². The molecule has 3 rings (SSSR count). The normalized spacial score (nSPS) is 14.5. The summed E-state index contributed by atoms with van der Waals surface area (Å²) < 4.78 is 26.9. The van der Waals surface area contributed by atoms with E-state index in [1.54, 1.807) is 55.5 Å². The van der Waals surface area contributed by atoms with E-state index >= 15 is 0 Å². The Morgan fingerprint density at radius 1 is 1.05 bits per heavy atom. The highest BCUT2D eigenvalue weighted by atomic mass is 32.2. The summed E-state index contributed by atoms with van der Waals surface area (Å²) in [6.07, 6.45) is 0. The van der Waals surface area contributed by atoms with Crippen molar-refractivity contribution >= 4 is 27.3 Å². The van der Waals surface area contributed by atoms with Gasteiger partial charge in [0.05, 0.1) is 16.3 Å². The second-order valence-electron chi connectivity index (χ2n) is 4.84. The monoisotopic (exact) mass is 302 g/mol. The maximum atomic E-state index is 12.9. The van der Waals surface area contributed by atoms with Crippen LogP contribution in [-0.2, 0) is 14.8 Å². The van der Waals surface area contributed by atoms with Gasteiger partial charge in [-0.25, -0.2) is 8.42 Å². The van der Waals surface area contributed by atoms with Crippen molar-refractivity contribution in [2.45, 2.75) is 11.8 Å². The van der Waals surface area contributed by atoms with E-state index in [0.717, 1.165) is 4.31 Å². The molecule has 0 aromatic heterocycles. The van der Waals surface area contributed by atoms with Gasteiger partial charge in [0.1, 0.15) is 6.54 Å². The molecule has 108 valence electrons. The Hall–Kier alpha value is -2.34. The quantitative estimate of drug-likeness (QED) is 0.924. The first kappa shape index (κ1) is 13.6. The number of carbonyl (C=O) groups is 1. The van der Waals surface area contributed by atoms with Crippen molar-refractivity contribution in [2.75, 3.05) is 16.2 Å². The summed E-state index contributed by atoms with van der Waals surface area (Å²) in [5.41, 5.74) is 1.65. The Morgan fingerprint density at radius 3 is 2.48 bits per heavy atom. The summed E-state index contributed by atoms with van der Waals surface area (Å²) in [7, 11) is -3.77. The van der Waals surface area contributed by atoms with Gasteiger partial charge in [-0.15, -0.1) is 0 Å². The lowest BCUT2D eigenvalue weighted by Crippen LogP contribution is -2.42. The van der Waals surface area contributed by atoms with Crippen molar-refractivity contribution in [2.24, 2.45) is 0 Å². The zero-order valence-electron chi connectivity index (χ0n) is 11.4. The van der Waals surface area contributed by atoms with Gasteiger partial charge in [0.2, 0.25) is 5.91 Å². The van der Waals surface area contributed by atoms with E-state index in [2.05, 4.69) is 5.32 Å². The van der Waals surface area contributed by atoms with Gasteiger partial charge in [-0.2, -0.15) is 0 Å². The summed E-state index contributed by atoms with van der Waals surface area (Å²) in [5, 5.41) is 2.68. The maximum absolute atomic E-state index is 12.9. The van der Waals surface area contributed by atoms with E-state index in [9.17, 15) is 13.2 Å². The van der Waals surface area contributed by atoms with Crippen LogP contribution in [0, 0.1) is 6.92 Å². The van der Waals surface area contributed by atoms with Crippen LogP contribution in [0.25, 0.3) is 0 Å². The van der Waals surface area contributed by atoms with Crippen molar-refractivity contribution in [3.63, 3.8) is 0 Å². The molecule has 6 heteroatoms. The molecule has 0 saturated heterocycles. The summed E-state index contributed by atoms with van der Waals surface area (Å²) in [6.45, 7) is 1.52. The molecule has 1 N–H and O–H groups in total. The Labute approximate surface area is 123 Å². The summed E-state index contributed by atoms with van der Waals surface area (Å²) in [6, 6.07) is 13.6. The molecule has 0 spiro atoms. The van der Waals surface area contributed by atoms with Crippen LogP contribution >= 0.6 is 0 Å². The first-order chi connectivity index (χ1) is 10.00. The Bertz CT molecular complexity index is 815. The van der Waals surface area contributed by atoms with Gasteiger partial charge in [0.15, 0.2) is 0 Å². The number of hydrogen-bond acceptors (Lipinski definition) is 3. The molecule has 0 bridgehead atoms. The average molecular weight is 302 g/mol. The number of anilines is 2. The summed E-state index contributed by atoms with van der Waals surface area (Å²) in [4.78, 5) is 12.0. The predicted molar refractivity (Wildman–Crippen MR) is 80.8 cm³/mol. The zero-order valence-corrected chi connectivity index (χ0v) is 12.2. The number of nitrogens with one attached hydrogen (secondary N) is 1. The van der Waals surface area contributed by atoms with E-state index in [1.807, 2.05) is 0 Å². The molecule has 0 unspecified atom stereocenters. The number of amides is 1. The van der Waals surface area contributed by atoms with E-state index in [-0.39, 0.29) is 17.3 Å². The number of aryl methyl sites for hydroxylation is 1. The van der Waals surface area contributed by atoms with Crippen LogP contribution in [0.3, 0.4) is 0 Å². The third-order valence-electron chi connectivity index (χ3n) is 3.40. The first-order valence-corrected chi connectivity index (χ1v) is 7.91. The SMILES string of the molecule is Cc1ccccc1S(=O)(=O)N1CC(=O)Nc2ccccc21. The molecular weight excluding hydrogens is 288 g/mol. The third-order valence-corrected chi connectivity index (χ3v) is 5.32. The highest BCUT2D eigenvalue weighted by Gasteiger charge is 2.32. The number of rotatable bonds is 2. The molecule has 1 aliphatic heterocycles. The molecule has 21 heavy (non-hydrogen) atoms. The lowest BCUT2D eigenvalue weighted by molar-refractivity contribution is -0.115. The van der Waals surface area contributed by atoms with Crippen LogP contribution in [0.15, 0.2) is 53.4 Å². The topological polar surface area (TPSA) is 66.5 Å². The van der Waals surface area contributed by atoms with Crippen LogP contribution in [0.4, 0.5) is 11.4 Å². The second-order valence-corrected chi connectivity index (χ2v) is 6.67. The fraction of sp³-hybridized carbons (Fsp3) is 0.133. The molecule has 0 saturated carbocycles.